The molecule has 0 spiro atoms. The maximum atomic E-state index is 14.2. The average Bonchev–Trinajstić information content (AvgIpc) is 2.81. The van der Waals surface area contributed by atoms with E-state index in [9.17, 15) is 14.2 Å². The quantitative estimate of drug-likeness (QED) is 0.200. The van der Waals surface area contributed by atoms with E-state index in [0.29, 0.717) is 5.57 Å². The summed E-state index contributed by atoms with van der Waals surface area (Å²) in [6.45, 7) is 21.0. The first-order valence-electron chi connectivity index (χ1n) is 12.0. The zero-order chi connectivity index (χ0) is 27.6. The summed E-state index contributed by atoms with van der Waals surface area (Å²) in [6.07, 6.45) is -2.09. The summed E-state index contributed by atoms with van der Waals surface area (Å²) in [5.41, 5.74) is 0.545. The molecule has 0 saturated carbocycles. The molecule has 0 bridgehead atoms. The van der Waals surface area contributed by atoms with E-state index in [2.05, 4.69) is 13.2 Å². The molecule has 1 rings (SSSR count). The molecule has 36 heavy (non-hydrogen) atoms. The van der Waals surface area contributed by atoms with Gasteiger partial charge in [0, 0.05) is 6.07 Å². The van der Waals surface area contributed by atoms with Crippen molar-refractivity contribution in [2.75, 3.05) is 26.4 Å². The lowest BCUT2D eigenvalue weighted by Crippen LogP contribution is -2.27. The Balaban J connectivity index is 3.97. The molecule has 1 aromatic rings. The zero-order valence-electron chi connectivity index (χ0n) is 22.6. The minimum Gasteiger partial charge on any atom is -0.490 e. The number of Topliss-reactive ketones (excluding diaryl/α,β-unsaturated/α-hetero) is 2. The van der Waals surface area contributed by atoms with Gasteiger partial charge in [0.25, 0.3) is 0 Å². The fraction of sp³-hybridized carbons (Fsp3) is 0.538. The fourth-order valence-corrected chi connectivity index (χ4v) is 5.09. The van der Waals surface area contributed by atoms with Gasteiger partial charge in [-0.15, -0.1) is 0 Å². The Morgan fingerprint density at radius 3 is 1.78 bits per heavy atom. The second kappa shape index (κ2) is 14.2. The van der Waals surface area contributed by atoms with Gasteiger partial charge in [0.15, 0.2) is 29.2 Å². The highest BCUT2D eigenvalue weighted by molar-refractivity contribution is 7.62. The van der Waals surface area contributed by atoms with Crippen LogP contribution in [0.2, 0.25) is 0 Å². The van der Waals surface area contributed by atoms with Gasteiger partial charge in [0.1, 0.15) is 11.4 Å². The van der Waals surface area contributed by atoms with Crippen LogP contribution >= 0.6 is 7.60 Å². The smallest absolute Gasteiger partial charge is 0.366 e. The van der Waals surface area contributed by atoms with Gasteiger partial charge in [-0.1, -0.05) is 13.2 Å². The molecule has 3 unspecified atom stereocenters. The maximum Gasteiger partial charge on any atom is 0.366 e. The van der Waals surface area contributed by atoms with E-state index < -0.39 is 25.6 Å². The minimum absolute atomic E-state index is 0.00229. The van der Waals surface area contributed by atoms with Crippen molar-refractivity contribution in [1.29, 1.82) is 0 Å². The maximum absolute atomic E-state index is 14.2. The largest absolute Gasteiger partial charge is 0.490 e. The molecule has 1 aromatic carbocycles. The van der Waals surface area contributed by atoms with Gasteiger partial charge in [-0.2, -0.15) is 0 Å². The molecule has 0 aliphatic heterocycles. The molecule has 0 N–H and O–H groups in total. The first-order chi connectivity index (χ1) is 16.9. The van der Waals surface area contributed by atoms with Gasteiger partial charge in [0.2, 0.25) is 11.5 Å². The van der Waals surface area contributed by atoms with E-state index >= 15 is 0 Å². The molecule has 0 heterocycles. The van der Waals surface area contributed by atoms with Crippen molar-refractivity contribution in [1.82, 2.24) is 0 Å². The van der Waals surface area contributed by atoms with Crippen LogP contribution in [-0.2, 0) is 23.2 Å². The number of hydrogen-bond donors (Lipinski definition) is 0. The molecular weight excluding hydrogens is 487 g/mol. The van der Waals surface area contributed by atoms with Crippen LogP contribution in [0.25, 0.3) is 0 Å². The van der Waals surface area contributed by atoms with Gasteiger partial charge < -0.3 is 23.5 Å². The Hall–Kier alpha value is -2.61. The Labute approximate surface area is 214 Å². The molecule has 9 nitrogen and oxygen atoms in total. The summed E-state index contributed by atoms with van der Waals surface area (Å²) in [7, 11) is -4.20. The van der Waals surface area contributed by atoms with Crippen LogP contribution in [0, 0.1) is 0 Å². The Kier molecular flexibility index (Phi) is 12.4. The average molecular weight is 527 g/mol. The van der Waals surface area contributed by atoms with Gasteiger partial charge in [-0.05, 0) is 66.5 Å². The summed E-state index contributed by atoms with van der Waals surface area (Å²) in [5.74, 6) is -0.414. The van der Waals surface area contributed by atoms with Crippen LogP contribution in [0.4, 0.5) is 0 Å². The lowest BCUT2D eigenvalue weighted by Gasteiger charge is -2.27. The topological polar surface area (TPSA) is 107 Å². The summed E-state index contributed by atoms with van der Waals surface area (Å²) in [5, 5.41) is -0.0237. The van der Waals surface area contributed by atoms with Gasteiger partial charge in [0.05, 0.1) is 26.4 Å². The van der Waals surface area contributed by atoms with Crippen LogP contribution in [-0.4, -0.2) is 50.2 Å². The summed E-state index contributed by atoms with van der Waals surface area (Å²) >= 11 is 0. The number of carbonyl (C=O) groups excluding carboxylic acids is 2. The molecule has 0 aliphatic rings. The monoisotopic (exact) mass is 526 g/mol. The third-order valence-corrected chi connectivity index (χ3v) is 6.89. The van der Waals surface area contributed by atoms with E-state index in [-0.39, 0.29) is 66.1 Å². The first kappa shape index (κ1) is 31.4. The van der Waals surface area contributed by atoms with Crippen LogP contribution in [0.1, 0.15) is 55.4 Å². The highest BCUT2D eigenvalue weighted by atomic mass is 31.2. The highest BCUT2D eigenvalue weighted by Crippen LogP contribution is 2.56. The third-order valence-electron chi connectivity index (χ3n) is 4.78. The summed E-state index contributed by atoms with van der Waals surface area (Å²) in [4.78, 5) is 25.1. The van der Waals surface area contributed by atoms with E-state index in [4.69, 9.17) is 28.0 Å². The van der Waals surface area contributed by atoms with Gasteiger partial charge >= 0.3 is 7.60 Å². The Bertz CT molecular complexity index is 1020. The molecule has 0 aromatic heterocycles. The van der Waals surface area contributed by atoms with Crippen LogP contribution in [0.3, 0.4) is 0 Å². The van der Waals surface area contributed by atoms with Crippen molar-refractivity contribution in [3.63, 3.8) is 0 Å². The highest BCUT2D eigenvalue weighted by Gasteiger charge is 2.40. The molecule has 0 fully saturated rings. The molecule has 0 amide bonds. The van der Waals surface area contributed by atoms with Crippen molar-refractivity contribution in [2.45, 2.75) is 67.6 Å². The number of hydrogen-bond acceptors (Lipinski definition) is 9. The fourth-order valence-electron chi connectivity index (χ4n) is 3.23. The number of benzene rings is 1. The number of ketones is 2. The lowest BCUT2D eigenvalue weighted by molar-refractivity contribution is -0.122. The molecular formula is C26H39O9P. The molecule has 0 radical (unpaired) electrons. The SMILES string of the molecule is C=C(C)C(=O)C(C)Oc1c(OCC)c(OCC)cc(P(=O)(OCC)OC(C)C(=O)C(=C)C)c1OCC. The Morgan fingerprint density at radius 1 is 0.806 bits per heavy atom. The van der Waals surface area contributed by atoms with E-state index in [1.54, 1.807) is 41.5 Å². The number of ether oxygens (including phenoxy) is 4. The summed E-state index contributed by atoms with van der Waals surface area (Å²) < 4.78 is 49.1. The molecule has 0 saturated heterocycles. The second-order valence-corrected chi connectivity index (χ2v) is 9.84. The van der Waals surface area contributed by atoms with Crippen LogP contribution in [0.15, 0.2) is 30.4 Å². The van der Waals surface area contributed by atoms with Crippen molar-refractivity contribution < 1.29 is 42.1 Å². The Morgan fingerprint density at radius 2 is 1.31 bits per heavy atom. The van der Waals surface area contributed by atoms with E-state index in [1.165, 1.54) is 19.9 Å². The zero-order valence-corrected chi connectivity index (χ0v) is 23.5. The number of carbonyl (C=O) groups is 2. The van der Waals surface area contributed by atoms with Crippen LogP contribution < -0.4 is 24.3 Å². The third kappa shape index (κ3) is 7.69. The second-order valence-electron chi connectivity index (χ2n) is 7.89. The normalized spacial score (nSPS) is 14.2. The van der Waals surface area contributed by atoms with E-state index in [0.717, 1.165) is 0 Å². The van der Waals surface area contributed by atoms with Gasteiger partial charge in [-0.3, -0.25) is 18.7 Å². The number of rotatable bonds is 17. The van der Waals surface area contributed by atoms with Crippen molar-refractivity contribution in [2.24, 2.45) is 0 Å². The van der Waals surface area contributed by atoms with Crippen LogP contribution in [0.5, 0.6) is 23.0 Å². The predicted molar refractivity (Wildman–Crippen MR) is 139 cm³/mol. The van der Waals surface area contributed by atoms with E-state index in [1.807, 2.05) is 0 Å². The molecule has 3 atom stereocenters. The standard InChI is InChI=1S/C26H39O9P/c1-11-30-20-15-21(36(29,33-14-4)35-19(10)23(28)17(7)8)25(32-13-3)26(24(20)31-12-2)34-18(9)22(27)16(5)6/h15,18-19H,5,7,11-14H2,1-4,6,8-10H3. The molecule has 202 valence electrons. The summed E-state index contributed by atoms with van der Waals surface area (Å²) in [6, 6.07) is 1.44. The predicted octanol–water partition coefficient (Wildman–Crippen LogP) is 5.20. The minimum atomic E-state index is -4.20. The molecule has 10 heteroatoms. The van der Waals surface area contributed by atoms with Crippen molar-refractivity contribution in [3.05, 3.63) is 30.4 Å². The first-order valence-corrected chi connectivity index (χ1v) is 13.5. The lowest BCUT2D eigenvalue weighted by atomic mass is 10.1. The van der Waals surface area contributed by atoms with Crippen molar-refractivity contribution >= 4 is 24.5 Å². The molecule has 0 aliphatic carbocycles. The van der Waals surface area contributed by atoms with Gasteiger partial charge in [-0.25, -0.2) is 0 Å². The van der Waals surface area contributed by atoms with Crippen molar-refractivity contribution in [3.8, 4) is 23.0 Å².